The lowest BCUT2D eigenvalue weighted by molar-refractivity contribution is 0.397. The second-order valence-electron chi connectivity index (χ2n) is 3.94. The van der Waals surface area contributed by atoms with Crippen LogP contribution in [0.3, 0.4) is 0 Å². The first-order valence-corrected chi connectivity index (χ1v) is 5.37. The highest BCUT2D eigenvalue weighted by atomic mass is 16.5. The standard InChI is InChI=1S/C12H21N3O/c1-9(14-13-2)11-7-6-10(15(3)4)8-12(11)16-5/h6-9,13-14H,1-5H3/t9-/m1/s1. The fourth-order valence-electron chi connectivity index (χ4n) is 1.63. The predicted octanol–water partition coefficient (Wildman–Crippen LogP) is 1.55. The molecule has 4 heteroatoms. The second-order valence-corrected chi connectivity index (χ2v) is 3.94. The smallest absolute Gasteiger partial charge is 0.125 e. The Kier molecular flexibility index (Phi) is 4.58. The van der Waals surface area contributed by atoms with Gasteiger partial charge in [-0.1, -0.05) is 6.07 Å². The summed E-state index contributed by atoms with van der Waals surface area (Å²) in [6, 6.07) is 6.43. The average molecular weight is 223 g/mol. The van der Waals surface area contributed by atoms with Gasteiger partial charge in [0.05, 0.1) is 7.11 Å². The van der Waals surface area contributed by atoms with Gasteiger partial charge in [0.1, 0.15) is 5.75 Å². The van der Waals surface area contributed by atoms with Gasteiger partial charge in [0, 0.05) is 37.5 Å². The van der Waals surface area contributed by atoms with Crippen LogP contribution in [0.15, 0.2) is 18.2 Å². The first-order valence-electron chi connectivity index (χ1n) is 5.37. The molecular weight excluding hydrogens is 202 g/mol. The lowest BCUT2D eigenvalue weighted by atomic mass is 10.1. The molecule has 0 spiro atoms. The Balaban J connectivity index is 3.01. The van der Waals surface area contributed by atoms with Gasteiger partial charge in [-0.25, -0.2) is 0 Å². The number of nitrogens with one attached hydrogen (secondary N) is 2. The molecule has 0 saturated carbocycles. The summed E-state index contributed by atoms with van der Waals surface area (Å²) in [5.41, 5.74) is 8.36. The van der Waals surface area contributed by atoms with Gasteiger partial charge < -0.3 is 9.64 Å². The van der Waals surface area contributed by atoms with Gasteiger partial charge in [-0.2, -0.15) is 0 Å². The van der Waals surface area contributed by atoms with Crippen molar-refractivity contribution in [2.24, 2.45) is 0 Å². The molecule has 4 nitrogen and oxygen atoms in total. The van der Waals surface area contributed by atoms with Crippen LogP contribution in [0.25, 0.3) is 0 Å². The number of anilines is 1. The van der Waals surface area contributed by atoms with Crippen LogP contribution in [-0.2, 0) is 0 Å². The van der Waals surface area contributed by atoms with Gasteiger partial charge in [-0.05, 0) is 20.0 Å². The SMILES string of the molecule is CNN[C@H](C)c1ccc(N(C)C)cc1OC. The van der Waals surface area contributed by atoms with Gasteiger partial charge in [-0.3, -0.25) is 10.9 Å². The number of benzene rings is 1. The highest BCUT2D eigenvalue weighted by Crippen LogP contribution is 2.28. The number of rotatable bonds is 5. The average Bonchev–Trinajstić information content (AvgIpc) is 2.28. The molecule has 0 radical (unpaired) electrons. The van der Waals surface area contributed by atoms with E-state index in [0.717, 1.165) is 17.0 Å². The maximum absolute atomic E-state index is 5.41. The molecule has 0 fully saturated rings. The van der Waals surface area contributed by atoms with Crippen molar-refractivity contribution in [1.82, 2.24) is 10.9 Å². The molecule has 0 unspecified atom stereocenters. The van der Waals surface area contributed by atoms with Crippen molar-refractivity contribution in [2.45, 2.75) is 13.0 Å². The normalized spacial score (nSPS) is 12.3. The van der Waals surface area contributed by atoms with Gasteiger partial charge in [0.2, 0.25) is 0 Å². The Hall–Kier alpha value is -1.26. The minimum Gasteiger partial charge on any atom is -0.496 e. The number of hydrogen-bond donors (Lipinski definition) is 2. The van der Waals surface area contributed by atoms with E-state index in [4.69, 9.17) is 4.74 Å². The van der Waals surface area contributed by atoms with Crippen LogP contribution < -0.4 is 20.5 Å². The minimum atomic E-state index is 0.205. The van der Waals surface area contributed by atoms with Gasteiger partial charge in [0.25, 0.3) is 0 Å². The Morgan fingerprint density at radius 1 is 1.31 bits per heavy atom. The molecule has 0 heterocycles. The first-order chi connectivity index (χ1) is 7.60. The Morgan fingerprint density at radius 2 is 2.00 bits per heavy atom. The van der Waals surface area contributed by atoms with Crippen LogP contribution in [0, 0.1) is 0 Å². The van der Waals surface area contributed by atoms with Crippen molar-refractivity contribution in [2.75, 3.05) is 33.2 Å². The predicted molar refractivity (Wildman–Crippen MR) is 67.9 cm³/mol. The summed E-state index contributed by atoms with van der Waals surface area (Å²) in [7, 11) is 7.59. The number of hydrazine groups is 1. The summed E-state index contributed by atoms with van der Waals surface area (Å²) in [5, 5.41) is 0. The van der Waals surface area contributed by atoms with Crippen LogP contribution in [-0.4, -0.2) is 28.3 Å². The van der Waals surface area contributed by atoms with E-state index >= 15 is 0 Å². The third-order valence-electron chi connectivity index (χ3n) is 2.56. The molecule has 0 aliphatic heterocycles. The second kappa shape index (κ2) is 5.72. The van der Waals surface area contributed by atoms with Crippen molar-refractivity contribution in [3.05, 3.63) is 23.8 Å². The molecule has 1 rings (SSSR count). The van der Waals surface area contributed by atoms with Gasteiger partial charge in [-0.15, -0.1) is 0 Å². The van der Waals surface area contributed by atoms with E-state index in [9.17, 15) is 0 Å². The fourth-order valence-corrected chi connectivity index (χ4v) is 1.63. The maximum atomic E-state index is 5.41. The number of ether oxygens (including phenoxy) is 1. The monoisotopic (exact) mass is 223 g/mol. The molecule has 1 atom stereocenters. The van der Waals surface area contributed by atoms with E-state index in [1.165, 1.54) is 0 Å². The summed E-state index contributed by atoms with van der Waals surface area (Å²) < 4.78 is 5.41. The van der Waals surface area contributed by atoms with E-state index in [2.05, 4.69) is 34.8 Å². The van der Waals surface area contributed by atoms with Crippen molar-refractivity contribution in [3.63, 3.8) is 0 Å². The van der Waals surface area contributed by atoms with Gasteiger partial charge >= 0.3 is 0 Å². The molecule has 90 valence electrons. The van der Waals surface area contributed by atoms with Crippen LogP contribution >= 0.6 is 0 Å². The van der Waals surface area contributed by atoms with E-state index in [0.29, 0.717) is 0 Å². The molecule has 0 aliphatic rings. The summed E-state index contributed by atoms with van der Waals surface area (Å²) in [4.78, 5) is 2.06. The number of hydrogen-bond acceptors (Lipinski definition) is 4. The highest BCUT2D eigenvalue weighted by molar-refractivity contribution is 5.53. The summed E-state index contributed by atoms with van der Waals surface area (Å²) in [6.45, 7) is 2.09. The molecule has 0 saturated heterocycles. The van der Waals surface area contributed by atoms with Crippen LogP contribution in [0.5, 0.6) is 5.75 Å². The van der Waals surface area contributed by atoms with E-state index < -0.39 is 0 Å². The van der Waals surface area contributed by atoms with Crippen molar-refractivity contribution >= 4 is 5.69 Å². The van der Waals surface area contributed by atoms with Crippen molar-refractivity contribution in [1.29, 1.82) is 0 Å². The highest BCUT2D eigenvalue weighted by Gasteiger charge is 2.11. The Labute approximate surface area is 97.6 Å². The third-order valence-corrected chi connectivity index (χ3v) is 2.56. The molecular formula is C12H21N3O. The van der Waals surface area contributed by atoms with E-state index in [-0.39, 0.29) is 6.04 Å². The summed E-state index contributed by atoms with van der Waals surface area (Å²) in [6.07, 6.45) is 0. The zero-order valence-electron chi connectivity index (χ0n) is 10.7. The maximum Gasteiger partial charge on any atom is 0.125 e. The molecule has 1 aromatic carbocycles. The zero-order chi connectivity index (χ0) is 12.1. The fraction of sp³-hybridized carbons (Fsp3) is 0.500. The molecule has 0 aromatic heterocycles. The van der Waals surface area contributed by atoms with E-state index in [1.54, 1.807) is 7.11 Å². The number of methoxy groups -OCH3 is 1. The Bertz CT molecular complexity index is 339. The first kappa shape index (κ1) is 12.8. The van der Waals surface area contributed by atoms with Crippen molar-refractivity contribution in [3.8, 4) is 5.75 Å². The number of nitrogens with zero attached hydrogens (tertiary/aromatic N) is 1. The van der Waals surface area contributed by atoms with Crippen LogP contribution in [0.4, 0.5) is 5.69 Å². The van der Waals surface area contributed by atoms with E-state index in [1.807, 2.05) is 27.2 Å². The van der Waals surface area contributed by atoms with Gasteiger partial charge in [0.15, 0.2) is 0 Å². The Morgan fingerprint density at radius 3 is 2.50 bits per heavy atom. The zero-order valence-corrected chi connectivity index (χ0v) is 10.7. The molecule has 1 aromatic rings. The quantitative estimate of drug-likeness (QED) is 0.743. The molecule has 2 N–H and O–H groups in total. The molecule has 16 heavy (non-hydrogen) atoms. The third kappa shape index (κ3) is 2.87. The molecule has 0 bridgehead atoms. The topological polar surface area (TPSA) is 36.5 Å². The molecule has 0 aliphatic carbocycles. The lowest BCUT2D eigenvalue weighted by Gasteiger charge is -2.19. The lowest BCUT2D eigenvalue weighted by Crippen LogP contribution is -2.30. The van der Waals surface area contributed by atoms with Crippen LogP contribution in [0.2, 0.25) is 0 Å². The summed E-state index contributed by atoms with van der Waals surface area (Å²) >= 11 is 0. The summed E-state index contributed by atoms with van der Waals surface area (Å²) in [5.74, 6) is 0.904. The van der Waals surface area contributed by atoms with Crippen LogP contribution in [0.1, 0.15) is 18.5 Å². The largest absolute Gasteiger partial charge is 0.496 e. The minimum absolute atomic E-state index is 0.205. The molecule has 0 amide bonds. The van der Waals surface area contributed by atoms with Crippen molar-refractivity contribution < 1.29 is 4.74 Å².